The molecule has 0 saturated carbocycles. The van der Waals surface area contributed by atoms with Gasteiger partial charge in [-0.2, -0.15) is 5.10 Å². The Bertz CT molecular complexity index is 244. The van der Waals surface area contributed by atoms with Crippen molar-refractivity contribution in [2.45, 2.75) is 19.9 Å². The minimum atomic E-state index is 0.856. The Morgan fingerprint density at radius 3 is 2.71 bits per heavy atom. The van der Waals surface area contributed by atoms with E-state index < -0.39 is 0 Å². The summed E-state index contributed by atoms with van der Waals surface area (Å²) in [5.74, 6) is 0. The smallest absolute Gasteiger partial charge is 0.0762 e. The van der Waals surface area contributed by atoms with Gasteiger partial charge in [-0.25, -0.2) is 0 Å². The molecule has 4 nitrogen and oxygen atoms in total. The molecule has 2 N–H and O–H groups in total. The zero-order valence-corrected chi connectivity index (χ0v) is 9.08. The van der Waals surface area contributed by atoms with Gasteiger partial charge in [-0.05, 0) is 19.0 Å². The minimum Gasteiger partial charge on any atom is -0.315 e. The zero-order chi connectivity index (χ0) is 10.2. The van der Waals surface area contributed by atoms with E-state index in [1.165, 1.54) is 6.42 Å². The maximum atomic E-state index is 4.28. The van der Waals surface area contributed by atoms with Crippen LogP contribution in [0.4, 0.5) is 0 Å². The van der Waals surface area contributed by atoms with E-state index in [2.05, 4.69) is 22.7 Å². The molecular formula is C10H20N4. The fraction of sp³-hybridized carbons (Fsp3) is 0.700. The summed E-state index contributed by atoms with van der Waals surface area (Å²) in [5, 5.41) is 11.0. The van der Waals surface area contributed by atoms with Gasteiger partial charge in [0.05, 0.1) is 5.69 Å². The van der Waals surface area contributed by atoms with Gasteiger partial charge in [0.2, 0.25) is 0 Å². The summed E-state index contributed by atoms with van der Waals surface area (Å²) < 4.78 is 1.83. The summed E-state index contributed by atoms with van der Waals surface area (Å²) in [5.41, 5.74) is 1.10. The standard InChI is InChI=1S/C10H20N4/c1-3-5-11-6-7-12-9-10-4-8-14(2)13-10/h4,8,11-12H,3,5-7,9H2,1-2H3. The van der Waals surface area contributed by atoms with Crippen LogP contribution in [0.3, 0.4) is 0 Å². The first-order valence-electron chi connectivity index (χ1n) is 5.23. The third-order valence-electron chi connectivity index (χ3n) is 1.98. The van der Waals surface area contributed by atoms with Gasteiger partial charge in [0.15, 0.2) is 0 Å². The number of hydrogen-bond acceptors (Lipinski definition) is 3. The third-order valence-corrected chi connectivity index (χ3v) is 1.98. The molecule has 0 aliphatic heterocycles. The summed E-state index contributed by atoms with van der Waals surface area (Å²) in [6.45, 7) is 6.16. The molecule has 0 amide bonds. The summed E-state index contributed by atoms with van der Waals surface area (Å²) in [6.07, 6.45) is 3.16. The molecule has 0 bridgehead atoms. The molecule has 0 unspecified atom stereocenters. The Hall–Kier alpha value is -0.870. The van der Waals surface area contributed by atoms with Crippen molar-refractivity contribution in [1.82, 2.24) is 20.4 Å². The van der Waals surface area contributed by atoms with Crippen molar-refractivity contribution in [1.29, 1.82) is 0 Å². The molecule has 0 aliphatic rings. The van der Waals surface area contributed by atoms with Gasteiger partial charge in [0, 0.05) is 32.9 Å². The van der Waals surface area contributed by atoms with Gasteiger partial charge in [0.25, 0.3) is 0 Å². The average molecular weight is 196 g/mol. The van der Waals surface area contributed by atoms with Crippen molar-refractivity contribution >= 4 is 0 Å². The maximum Gasteiger partial charge on any atom is 0.0762 e. The van der Waals surface area contributed by atoms with E-state index in [-0.39, 0.29) is 0 Å². The molecule has 0 spiro atoms. The molecule has 4 heteroatoms. The fourth-order valence-electron chi connectivity index (χ4n) is 1.25. The van der Waals surface area contributed by atoms with Crippen LogP contribution in [0.15, 0.2) is 12.3 Å². The van der Waals surface area contributed by atoms with Gasteiger partial charge < -0.3 is 10.6 Å². The summed E-state index contributed by atoms with van der Waals surface area (Å²) >= 11 is 0. The predicted molar refractivity (Wildman–Crippen MR) is 58.1 cm³/mol. The second kappa shape index (κ2) is 6.56. The van der Waals surface area contributed by atoms with Crippen molar-refractivity contribution in [3.63, 3.8) is 0 Å². The lowest BCUT2D eigenvalue weighted by Crippen LogP contribution is -2.27. The third kappa shape index (κ3) is 4.39. The Balaban J connectivity index is 1.99. The van der Waals surface area contributed by atoms with E-state index in [1.54, 1.807) is 0 Å². The second-order valence-corrected chi connectivity index (χ2v) is 3.41. The van der Waals surface area contributed by atoms with Crippen LogP contribution in [-0.2, 0) is 13.6 Å². The van der Waals surface area contributed by atoms with Crippen LogP contribution >= 0.6 is 0 Å². The van der Waals surface area contributed by atoms with Gasteiger partial charge >= 0.3 is 0 Å². The Labute approximate surface area is 85.7 Å². The highest BCUT2D eigenvalue weighted by Gasteiger charge is 1.94. The van der Waals surface area contributed by atoms with Crippen LogP contribution in [-0.4, -0.2) is 29.4 Å². The van der Waals surface area contributed by atoms with Crippen LogP contribution in [0.25, 0.3) is 0 Å². The highest BCUT2D eigenvalue weighted by molar-refractivity contribution is 4.97. The summed E-state index contributed by atoms with van der Waals surface area (Å²) in [7, 11) is 1.94. The van der Waals surface area contributed by atoms with Gasteiger partial charge in [0.1, 0.15) is 0 Å². The van der Waals surface area contributed by atoms with E-state index in [4.69, 9.17) is 0 Å². The lowest BCUT2D eigenvalue weighted by molar-refractivity contribution is 0.597. The van der Waals surface area contributed by atoms with Crippen molar-refractivity contribution < 1.29 is 0 Å². The average Bonchev–Trinajstić information content (AvgIpc) is 2.58. The maximum absolute atomic E-state index is 4.28. The highest BCUT2D eigenvalue weighted by Crippen LogP contribution is 1.91. The first-order chi connectivity index (χ1) is 6.83. The summed E-state index contributed by atoms with van der Waals surface area (Å²) in [4.78, 5) is 0. The molecule has 1 aromatic rings. The van der Waals surface area contributed by atoms with Crippen molar-refractivity contribution in [3.05, 3.63) is 18.0 Å². The monoisotopic (exact) mass is 196 g/mol. The highest BCUT2D eigenvalue weighted by atomic mass is 15.3. The summed E-state index contributed by atoms with van der Waals surface area (Å²) in [6, 6.07) is 2.03. The van der Waals surface area contributed by atoms with Crippen LogP contribution in [0, 0.1) is 0 Å². The van der Waals surface area contributed by atoms with E-state index in [9.17, 15) is 0 Å². The second-order valence-electron chi connectivity index (χ2n) is 3.41. The molecule has 1 heterocycles. The van der Waals surface area contributed by atoms with Crippen LogP contribution < -0.4 is 10.6 Å². The first kappa shape index (κ1) is 11.2. The quantitative estimate of drug-likeness (QED) is 0.624. The number of nitrogens with zero attached hydrogens (tertiary/aromatic N) is 2. The Kier molecular flexibility index (Phi) is 5.25. The Morgan fingerprint density at radius 1 is 1.29 bits per heavy atom. The van der Waals surface area contributed by atoms with E-state index in [0.29, 0.717) is 0 Å². The topological polar surface area (TPSA) is 41.9 Å². The van der Waals surface area contributed by atoms with Crippen LogP contribution in [0.1, 0.15) is 19.0 Å². The number of hydrogen-bond donors (Lipinski definition) is 2. The van der Waals surface area contributed by atoms with Crippen molar-refractivity contribution in [3.8, 4) is 0 Å². The van der Waals surface area contributed by atoms with Gasteiger partial charge in [-0.3, -0.25) is 4.68 Å². The molecule has 0 fully saturated rings. The molecule has 80 valence electrons. The zero-order valence-electron chi connectivity index (χ0n) is 9.08. The molecule has 1 aromatic heterocycles. The molecule has 14 heavy (non-hydrogen) atoms. The lowest BCUT2D eigenvalue weighted by atomic mass is 10.4. The SMILES string of the molecule is CCCNCCNCc1ccn(C)n1. The molecule has 0 aromatic carbocycles. The first-order valence-corrected chi connectivity index (χ1v) is 5.23. The molecule has 0 radical (unpaired) electrons. The normalized spacial score (nSPS) is 10.7. The van der Waals surface area contributed by atoms with Crippen molar-refractivity contribution in [2.24, 2.45) is 7.05 Å². The minimum absolute atomic E-state index is 0.856. The number of aromatic nitrogens is 2. The van der Waals surface area contributed by atoms with E-state index in [1.807, 2.05) is 24.0 Å². The van der Waals surface area contributed by atoms with Gasteiger partial charge in [-0.15, -0.1) is 0 Å². The number of aryl methyl sites for hydroxylation is 1. The molecule has 0 atom stereocenters. The van der Waals surface area contributed by atoms with Crippen LogP contribution in [0.5, 0.6) is 0 Å². The lowest BCUT2D eigenvalue weighted by Gasteiger charge is -2.03. The fourth-order valence-corrected chi connectivity index (χ4v) is 1.25. The van der Waals surface area contributed by atoms with Crippen LogP contribution in [0.2, 0.25) is 0 Å². The molecular weight excluding hydrogens is 176 g/mol. The largest absolute Gasteiger partial charge is 0.315 e. The Morgan fingerprint density at radius 2 is 2.07 bits per heavy atom. The predicted octanol–water partition coefficient (Wildman–Crippen LogP) is 0.509. The van der Waals surface area contributed by atoms with E-state index >= 15 is 0 Å². The molecule has 0 saturated heterocycles. The molecule has 0 aliphatic carbocycles. The number of nitrogens with one attached hydrogen (secondary N) is 2. The van der Waals surface area contributed by atoms with Gasteiger partial charge in [-0.1, -0.05) is 6.92 Å². The van der Waals surface area contributed by atoms with Crippen molar-refractivity contribution in [2.75, 3.05) is 19.6 Å². The molecule has 1 rings (SSSR count). The number of rotatable bonds is 7. The van der Waals surface area contributed by atoms with E-state index in [0.717, 1.165) is 31.9 Å².